The third kappa shape index (κ3) is 4.29. The Morgan fingerprint density at radius 2 is 1.68 bits per heavy atom. The highest BCUT2D eigenvalue weighted by atomic mass is 32.2. The summed E-state index contributed by atoms with van der Waals surface area (Å²) in [6.07, 6.45) is 0. The summed E-state index contributed by atoms with van der Waals surface area (Å²) >= 11 is 0. The van der Waals surface area contributed by atoms with Crippen LogP contribution in [0.1, 0.15) is 6.92 Å². The van der Waals surface area contributed by atoms with Crippen molar-refractivity contribution < 1.29 is 17.9 Å². The van der Waals surface area contributed by atoms with E-state index in [0.717, 1.165) is 0 Å². The molecule has 1 unspecified atom stereocenters. The summed E-state index contributed by atoms with van der Waals surface area (Å²) in [6, 6.07) is 4.88. The zero-order valence-corrected chi connectivity index (χ0v) is 12.4. The number of hydrogen-bond donors (Lipinski definition) is 2. The van der Waals surface area contributed by atoms with Crippen LogP contribution in [0.4, 0.5) is 5.69 Å². The van der Waals surface area contributed by atoms with Crippen molar-refractivity contribution in [3.05, 3.63) is 18.2 Å². The molecule has 2 N–H and O–H groups in total. The molecule has 0 fully saturated rings. The molecule has 0 aliphatic heterocycles. The first kappa shape index (κ1) is 15.6. The van der Waals surface area contributed by atoms with Crippen molar-refractivity contribution in [3.63, 3.8) is 0 Å². The van der Waals surface area contributed by atoms with Crippen LogP contribution in [0.2, 0.25) is 0 Å². The minimum absolute atomic E-state index is 0.371. The van der Waals surface area contributed by atoms with Gasteiger partial charge >= 0.3 is 0 Å². The summed E-state index contributed by atoms with van der Waals surface area (Å²) in [7, 11) is 1.28. The third-order valence-corrected chi connectivity index (χ3v) is 4.38. The maximum Gasteiger partial charge on any atom is 0.236 e. The van der Waals surface area contributed by atoms with Gasteiger partial charge in [-0.25, -0.2) is 8.42 Å². The van der Waals surface area contributed by atoms with Crippen LogP contribution in [-0.4, -0.2) is 41.5 Å². The normalized spacial score (nSPS) is 12.8. The van der Waals surface area contributed by atoms with Crippen LogP contribution in [0.3, 0.4) is 0 Å². The third-order valence-electron chi connectivity index (χ3n) is 2.63. The van der Waals surface area contributed by atoms with E-state index in [9.17, 15) is 8.42 Å². The van der Waals surface area contributed by atoms with Gasteiger partial charge in [0.15, 0.2) is 0 Å². The Balaban J connectivity index is 2.98. The smallest absolute Gasteiger partial charge is 0.236 e. The number of methoxy groups -OCH3 is 2. The Hall–Kier alpha value is -1.47. The van der Waals surface area contributed by atoms with Gasteiger partial charge in [0.2, 0.25) is 10.0 Å². The number of hydrogen-bond acceptors (Lipinski definition) is 5. The summed E-state index contributed by atoms with van der Waals surface area (Å²) in [4.78, 5) is 0. The van der Waals surface area contributed by atoms with Crippen molar-refractivity contribution in [1.29, 1.82) is 0 Å². The molecule has 6 nitrogen and oxygen atoms in total. The summed E-state index contributed by atoms with van der Waals surface area (Å²) in [6.45, 7) is 2.01. The molecule has 0 amide bonds. The van der Waals surface area contributed by atoms with Crippen molar-refractivity contribution in [2.75, 3.05) is 32.5 Å². The first-order valence-electron chi connectivity index (χ1n) is 5.82. The molecule has 0 saturated carbocycles. The monoisotopic (exact) mass is 288 g/mol. The average molecular weight is 288 g/mol. The van der Waals surface area contributed by atoms with Gasteiger partial charge < -0.3 is 14.8 Å². The number of nitrogens with one attached hydrogen (secondary N) is 2. The second-order valence-electron chi connectivity index (χ2n) is 4.12. The highest BCUT2D eigenvalue weighted by Crippen LogP contribution is 2.26. The van der Waals surface area contributed by atoms with Crippen molar-refractivity contribution in [2.24, 2.45) is 0 Å². The molecule has 0 bridgehead atoms. The lowest BCUT2D eigenvalue weighted by Gasteiger charge is -2.15. The van der Waals surface area contributed by atoms with E-state index < -0.39 is 15.3 Å². The average Bonchev–Trinajstić information content (AvgIpc) is 2.37. The van der Waals surface area contributed by atoms with E-state index in [1.54, 1.807) is 32.2 Å². The van der Waals surface area contributed by atoms with Crippen LogP contribution in [0.15, 0.2) is 18.2 Å². The molecule has 7 heteroatoms. The lowest BCUT2D eigenvalue weighted by molar-refractivity contribution is 0.395. The molecular formula is C12H20N2O4S. The molecule has 0 aromatic heterocycles. The second-order valence-corrected chi connectivity index (χ2v) is 6.22. The van der Waals surface area contributed by atoms with Gasteiger partial charge in [-0.15, -0.1) is 0 Å². The number of sulfonamides is 1. The van der Waals surface area contributed by atoms with Crippen molar-refractivity contribution in [2.45, 2.75) is 12.2 Å². The van der Waals surface area contributed by atoms with Crippen LogP contribution in [0.5, 0.6) is 11.5 Å². The number of benzene rings is 1. The minimum Gasteiger partial charge on any atom is -0.497 e. The molecule has 0 heterocycles. The van der Waals surface area contributed by atoms with Gasteiger partial charge in [0.05, 0.1) is 25.2 Å². The van der Waals surface area contributed by atoms with Crippen LogP contribution in [0, 0.1) is 0 Å². The first-order valence-corrected chi connectivity index (χ1v) is 7.37. The van der Waals surface area contributed by atoms with Crippen LogP contribution >= 0.6 is 0 Å². The largest absolute Gasteiger partial charge is 0.497 e. The molecule has 0 spiro atoms. The molecule has 1 rings (SSSR count). The van der Waals surface area contributed by atoms with Crippen molar-refractivity contribution in [3.8, 4) is 11.5 Å². The van der Waals surface area contributed by atoms with Gasteiger partial charge in [-0.2, -0.15) is 0 Å². The Morgan fingerprint density at radius 1 is 1.16 bits per heavy atom. The zero-order valence-electron chi connectivity index (χ0n) is 11.6. The standard InChI is InChI=1S/C12H20N2O4S/c1-9(8-13-2)19(15,16)14-10-5-11(17-3)7-12(6-10)18-4/h5-7,9,13-14H,8H2,1-4H3. The maximum absolute atomic E-state index is 12.1. The molecule has 108 valence electrons. The molecule has 0 aliphatic rings. The molecule has 0 saturated heterocycles. The molecule has 0 radical (unpaired) electrons. The molecule has 1 atom stereocenters. The molecular weight excluding hydrogens is 268 g/mol. The highest BCUT2D eigenvalue weighted by molar-refractivity contribution is 7.93. The van der Waals surface area contributed by atoms with Gasteiger partial charge in [0, 0.05) is 24.7 Å². The van der Waals surface area contributed by atoms with E-state index in [0.29, 0.717) is 23.7 Å². The predicted octanol–water partition coefficient (Wildman–Crippen LogP) is 1.05. The van der Waals surface area contributed by atoms with E-state index in [1.807, 2.05) is 0 Å². The van der Waals surface area contributed by atoms with Crippen LogP contribution < -0.4 is 19.5 Å². The Morgan fingerprint density at radius 3 is 2.11 bits per heavy atom. The highest BCUT2D eigenvalue weighted by Gasteiger charge is 2.20. The van der Waals surface area contributed by atoms with Crippen LogP contribution in [-0.2, 0) is 10.0 Å². The Labute approximate surface area is 114 Å². The fourth-order valence-electron chi connectivity index (χ4n) is 1.53. The molecule has 1 aromatic carbocycles. The number of rotatable bonds is 7. The Kier molecular flexibility index (Phi) is 5.44. The summed E-state index contributed by atoms with van der Waals surface area (Å²) < 4.78 is 36.8. The topological polar surface area (TPSA) is 76.7 Å². The van der Waals surface area contributed by atoms with E-state index >= 15 is 0 Å². The van der Waals surface area contributed by atoms with Gasteiger partial charge in [-0.1, -0.05) is 0 Å². The fraction of sp³-hybridized carbons (Fsp3) is 0.500. The van der Waals surface area contributed by atoms with E-state index in [1.165, 1.54) is 14.2 Å². The van der Waals surface area contributed by atoms with Gasteiger partial charge in [0.1, 0.15) is 11.5 Å². The van der Waals surface area contributed by atoms with Gasteiger partial charge in [-0.3, -0.25) is 4.72 Å². The minimum atomic E-state index is -3.45. The number of ether oxygens (including phenoxy) is 2. The van der Waals surface area contributed by atoms with E-state index in [4.69, 9.17) is 9.47 Å². The predicted molar refractivity (Wildman–Crippen MR) is 75.5 cm³/mol. The summed E-state index contributed by atoms with van der Waals surface area (Å²) in [5.41, 5.74) is 0.416. The summed E-state index contributed by atoms with van der Waals surface area (Å²) in [5, 5.41) is 2.29. The van der Waals surface area contributed by atoms with Gasteiger partial charge in [-0.05, 0) is 14.0 Å². The van der Waals surface area contributed by atoms with Crippen molar-refractivity contribution >= 4 is 15.7 Å². The van der Waals surface area contributed by atoms with Crippen LogP contribution in [0.25, 0.3) is 0 Å². The molecule has 0 aliphatic carbocycles. The molecule has 19 heavy (non-hydrogen) atoms. The SMILES string of the molecule is CNCC(C)S(=O)(=O)Nc1cc(OC)cc(OC)c1. The van der Waals surface area contributed by atoms with Gasteiger partial charge in [0.25, 0.3) is 0 Å². The van der Waals surface area contributed by atoms with Crippen molar-refractivity contribution in [1.82, 2.24) is 5.32 Å². The number of anilines is 1. The molecule has 1 aromatic rings. The van der Waals surface area contributed by atoms with E-state index in [-0.39, 0.29) is 0 Å². The second kappa shape index (κ2) is 6.63. The lowest BCUT2D eigenvalue weighted by atomic mass is 10.3. The lowest BCUT2D eigenvalue weighted by Crippen LogP contribution is -2.33. The summed E-state index contributed by atoms with van der Waals surface area (Å²) in [5.74, 6) is 1.05. The fourth-order valence-corrected chi connectivity index (χ4v) is 2.56. The first-order chi connectivity index (χ1) is 8.92. The zero-order chi connectivity index (χ0) is 14.5. The van der Waals surface area contributed by atoms with E-state index in [2.05, 4.69) is 10.0 Å². The quantitative estimate of drug-likeness (QED) is 0.784. The Bertz CT molecular complexity index is 494. The maximum atomic E-state index is 12.1.